The molecule has 1 saturated heterocycles. The zero-order valence-electron chi connectivity index (χ0n) is 15.4. The average Bonchev–Trinajstić information content (AvgIpc) is 3.05. The number of carbonyl (C=O) groups is 2. The molecule has 1 fully saturated rings. The van der Waals surface area contributed by atoms with Gasteiger partial charge in [-0.1, -0.05) is 15.9 Å². The van der Waals surface area contributed by atoms with Crippen molar-refractivity contribution in [1.82, 2.24) is 0 Å². The van der Waals surface area contributed by atoms with E-state index in [2.05, 4.69) is 21.2 Å². The molecule has 0 unspecified atom stereocenters. The lowest BCUT2D eigenvalue weighted by Crippen LogP contribution is -2.28. The van der Waals surface area contributed by atoms with Gasteiger partial charge in [0.05, 0.1) is 23.8 Å². The summed E-state index contributed by atoms with van der Waals surface area (Å²) in [5, 5.41) is 2.33. The van der Waals surface area contributed by atoms with E-state index < -0.39 is 23.6 Å². The predicted octanol–water partition coefficient (Wildman–Crippen LogP) is 4.86. The fourth-order valence-electron chi connectivity index (χ4n) is 3.12. The Morgan fingerprint density at radius 1 is 1.24 bits per heavy atom. The van der Waals surface area contributed by atoms with Gasteiger partial charge in [-0.25, -0.2) is 0 Å². The summed E-state index contributed by atoms with van der Waals surface area (Å²) in [7, 11) is 0. The Hall–Kier alpha value is -2.55. The topological polar surface area (TPSA) is 58.6 Å². The van der Waals surface area contributed by atoms with Crippen molar-refractivity contribution in [2.45, 2.75) is 19.5 Å². The number of ether oxygens (including phenoxy) is 1. The van der Waals surface area contributed by atoms with Gasteiger partial charge < -0.3 is 15.0 Å². The van der Waals surface area contributed by atoms with Crippen LogP contribution in [0.25, 0.3) is 0 Å². The van der Waals surface area contributed by atoms with E-state index in [9.17, 15) is 22.8 Å². The van der Waals surface area contributed by atoms with E-state index in [1.165, 1.54) is 17.0 Å². The molecule has 2 aromatic carbocycles. The fourth-order valence-corrected chi connectivity index (χ4v) is 3.48. The summed E-state index contributed by atoms with van der Waals surface area (Å²) in [5.41, 5.74) is -0.682. The van der Waals surface area contributed by atoms with Gasteiger partial charge in [0.2, 0.25) is 11.8 Å². The number of carbonyl (C=O) groups excluding carboxylic acids is 2. The van der Waals surface area contributed by atoms with E-state index in [4.69, 9.17) is 4.74 Å². The fraction of sp³-hybridized carbons (Fsp3) is 0.300. The quantitative estimate of drug-likeness (QED) is 0.678. The van der Waals surface area contributed by atoms with Gasteiger partial charge >= 0.3 is 6.18 Å². The molecule has 1 aliphatic heterocycles. The van der Waals surface area contributed by atoms with E-state index in [1.807, 2.05) is 6.92 Å². The molecule has 1 N–H and O–H groups in total. The van der Waals surface area contributed by atoms with Crippen LogP contribution in [0.3, 0.4) is 0 Å². The molecule has 154 valence electrons. The minimum Gasteiger partial charge on any atom is -0.494 e. The van der Waals surface area contributed by atoms with Crippen LogP contribution in [0.5, 0.6) is 5.75 Å². The Bertz CT molecular complexity index is 916. The van der Waals surface area contributed by atoms with Gasteiger partial charge in [0.15, 0.2) is 0 Å². The Morgan fingerprint density at radius 2 is 1.93 bits per heavy atom. The molecule has 9 heteroatoms. The second-order valence-corrected chi connectivity index (χ2v) is 7.42. The number of hydrogen-bond donors (Lipinski definition) is 1. The third-order valence-corrected chi connectivity index (χ3v) is 4.99. The van der Waals surface area contributed by atoms with Crippen molar-refractivity contribution < 1.29 is 27.5 Å². The largest absolute Gasteiger partial charge is 0.494 e. The molecular formula is C20H18BrF3N2O3. The first-order valence-corrected chi connectivity index (χ1v) is 9.69. The first-order chi connectivity index (χ1) is 13.7. The summed E-state index contributed by atoms with van der Waals surface area (Å²) in [4.78, 5) is 26.4. The molecule has 1 atom stereocenters. The smallest absolute Gasteiger partial charge is 0.418 e. The Balaban J connectivity index is 1.73. The second-order valence-electron chi connectivity index (χ2n) is 6.51. The number of anilines is 2. The van der Waals surface area contributed by atoms with E-state index in [1.54, 1.807) is 24.3 Å². The SMILES string of the molecule is CCOc1ccc(N2C[C@H](C(=O)Nc3ccc(Br)cc3C(F)(F)F)CC2=O)cc1. The summed E-state index contributed by atoms with van der Waals surface area (Å²) in [6.07, 6.45) is -4.69. The molecule has 0 aromatic heterocycles. The van der Waals surface area contributed by atoms with Gasteiger partial charge in [-0.2, -0.15) is 13.2 Å². The molecule has 5 nitrogen and oxygen atoms in total. The van der Waals surface area contributed by atoms with Crippen LogP contribution in [0.4, 0.5) is 24.5 Å². The van der Waals surface area contributed by atoms with E-state index in [0.29, 0.717) is 18.0 Å². The van der Waals surface area contributed by atoms with Crippen LogP contribution in [0, 0.1) is 5.92 Å². The maximum absolute atomic E-state index is 13.2. The van der Waals surface area contributed by atoms with Crippen molar-refractivity contribution in [3.63, 3.8) is 0 Å². The highest BCUT2D eigenvalue weighted by atomic mass is 79.9. The first-order valence-electron chi connectivity index (χ1n) is 8.90. The molecule has 2 amide bonds. The third kappa shape index (κ3) is 4.90. The Morgan fingerprint density at radius 3 is 2.55 bits per heavy atom. The number of hydrogen-bond acceptors (Lipinski definition) is 3. The summed E-state index contributed by atoms with van der Waals surface area (Å²) in [5.74, 6) is -0.980. The number of halogens is 4. The van der Waals surface area contributed by atoms with Crippen molar-refractivity contribution in [3.05, 3.63) is 52.5 Å². The Kier molecular flexibility index (Phi) is 6.16. The van der Waals surface area contributed by atoms with Crippen molar-refractivity contribution in [3.8, 4) is 5.75 Å². The zero-order chi connectivity index (χ0) is 21.2. The molecule has 2 aromatic rings. The van der Waals surface area contributed by atoms with Crippen LogP contribution in [0.2, 0.25) is 0 Å². The molecule has 1 heterocycles. The summed E-state index contributed by atoms with van der Waals surface area (Å²) in [6.45, 7) is 2.47. The minimum absolute atomic E-state index is 0.0725. The number of rotatable bonds is 5. The molecule has 0 radical (unpaired) electrons. The standard InChI is InChI=1S/C20H18BrF3N2O3/c1-2-29-15-6-4-14(5-7-15)26-11-12(9-18(26)27)19(28)25-17-8-3-13(21)10-16(17)20(22,23)24/h3-8,10,12H,2,9,11H2,1H3,(H,25,28)/t12-/m1/s1. The molecule has 0 saturated carbocycles. The zero-order valence-corrected chi connectivity index (χ0v) is 17.0. The molecule has 0 bridgehead atoms. The Labute approximate surface area is 174 Å². The highest BCUT2D eigenvalue weighted by Gasteiger charge is 2.38. The molecular weight excluding hydrogens is 453 g/mol. The lowest BCUT2D eigenvalue weighted by Gasteiger charge is -2.18. The monoisotopic (exact) mass is 470 g/mol. The third-order valence-electron chi connectivity index (χ3n) is 4.50. The lowest BCUT2D eigenvalue weighted by atomic mass is 10.1. The summed E-state index contributed by atoms with van der Waals surface area (Å²) >= 11 is 3.00. The molecule has 3 rings (SSSR count). The van der Waals surface area contributed by atoms with Crippen LogP contribution in [-0.4, -0.2) is 25.0 Å². The number of nitrogens with zero attached hydrogens (tertiary/aromatic N) is 1. The summed E-state index contributed by atoms with van der Waals surface area (Å²) < 4.78 is 45.3. The van der Waals surface area contributed by atoms with Crippen LogP contribution < -0.4 is 15.0 Å². The molecule has 0 aliphatic carbocycles. The van der Waals surface area contributed by atoms with Crippen molar-refractivity contribution in [1.29, 1.82) is 0 Å². The van der Waals surface area contributed by atoms with Crippen molar-refractivity contribution >= 4 is 39.1 Å². The van der Waals surface area contributed by atoms with Gasteiger partial charge in [-0.15, -0.1) is 0 Å². The minimum atomic E-state index is -4.62. The lowest BCUT2D eigenvalue weighted by molar-refractivity contribution is -0.137. The number of amides is 2. The van der Waals surface area contributed by atoms with E-state index in [0.717, 1.165) is 6.07 Å². The van der Waals surface area contributed by atoms with E-state index in [-0.39, 0.29) is 29.0 Å². The van der Waals surface area contributed by atoms with Crippen molar-refractivity contribution in [2.24, 2.45) is 5.92 Å². The van der Waals surface area contributed by atoms with Crippen LogP contribution in [0.1, 0.15) is 18.9 Å². The van der Waals surface area contributed by atoms with Crippen LogP contribution >= 0.6 is 15.9 Å². The maximum Gasteiger partial charge on any atom is 0.418 e. The molecule has 1 aliphatic rings. The van der Waals surface area contributed by atoms with Gasteiger partial charge in [0, 0.05) is 23.1 Å². The molecule has 29 heavy (non-hydrogen) atoms. The average molecular weight is 471 g/mol. The predicted molar refractivity (Wildman–Crippen MR) is 106 cm³/mol. The van der Waals surface area contributed by atoms with Gasteiger partial charge in [-0.05, 0) is 49.4 Å². The second kappa shape index (κ2) is 8.44. The highest BCUT2D eigenvalue weighted by Crippen LogP contribution is 2.37. The number of benzene rings is 2. The van der Waals surface area contributed by atoms with Gasteiger partial charge in [0.1, 0.15) is 5.75 Å². The van der Waals surface area contributed by atoms with Gasteiger partial charge in [0.25, 0.3) is 0 Å². The number of alkyl halides is 3. The number of nitrogens with one attached hydrogen (secondary N) is 1. The summed E-state index contributed by atoms with van der Waals surface area (Å²) in [6, 6.07) is 10.4. The van der Waals surface area contributed by atoms with Crippen LogP contribution in [-0.2, 0) is 15.8 Å². The van der Waals surface area contributed by atoms with E-state index >= 15 is 0 Å². The van der Waals surface area contributed by atoms with Crippen LogP contribution in [0.15, 0.2) is 46.9 Å². The van der Waals surface area contributed by atoms with Gasteiger partial charge in [-0.3, -0.25) is 9.59 Å². The normalized spacial score (nSPS) is 16.8. The van der Waals surface area contributed by atoms with Crippen molar-refractivity contribution in [2.75, 3.05) is 23.4 Å². The maximum atomic E-state index is 13.2. The first kappa shape index (κ1) is 21.2. The highest BCUT2D eigenvalue weighted by molar-refractivity contribution is 9.10. The molecule has 0 spiro atoms.